The van der Waals surface area contributed by atoms with Gasteiger partial charge in [0.25, 0.3) is 11.8 Å². The van der Waals surface area contributed by atoms with E-state index in [4.69, 9.17) is 25.5 Å². The van der Waals surface area contributed by atoms with Gasteiger partial charge in [-0.05, 0) is 35.9 Å². The maximum absolute atomic E-state index is 12.6. The number of halogens is 2. The van der Waals surface area contributed by atoms with Crippen molar-refractivity contribution in [3.05, 3.63) is 62.6 Å². The van der Waals surface area contributed by atoms with Crippen LogP contribution in [0.4, 0.5) is 0 Å². The number of methoxy groups -OCH3 is 1. The predicted molar refractivity (Wildman–Crippen MR) is 123 cm³/mol. The van der Waals surface area contributed by atoms with Crippen molar-refractivity contribution in [3.63, 3.8) is 0 Å². The Balaban J connectivity index is 1.38. The molecular formula is C21H18BrClN2O7S. The number of carbonyl (C=O) groups is 3. The Kier molecular flexibility index (Phi) is 7.03. The number of thioether (sulfide) groups is 1. The summed E-state index contributed by atoms with van der Waals surface area (Å²) in [5, 5.41) is 12.1. The Morgan fingerprint density at radius 2 is 2.12 bits per heavy atom. The number of nitrogens with one attached hydrogen (secondary N) is 1. The van der Waals surface area contributed by atoms with Gasteiger partial charge >= 0.3 is 5.97 Å². The predicted octanol–water partition coefficient (Wildman–Crippen LogP) is 3.27. The van der Waals surface area contributed by atoms with Crippen molar-refractivity contribution in [1.82, 2.24) is 10.2 Å². The Morgan fingerprint density at radius 1 is 1.33 bits per heavy atom. The van der Waals surface area contributed by atoms with Crippen LogP contribution in [0.25, 0.3) is 0 Å². The van der Waals surface area contributed by atoms with Crippen LogP contribution in [0.2, 0.25) is 5.02 Å². The molecule has 0 radical (unpaired) electrons. The fourth-order valence-corrected chi connectivity index (χ4v) is 5.55. The second-order valence-electron chi connectivity index (χ2n) is 7.18. The number of carboxylic acids is 1. The summed E-state index contributed by atoms with van der Waals surface area (Å²) in [4.78, 5) is 38.2. The third-order valence-corrected chi connectivity index (χ3v) is 7.13. The first-order chi connectivity index (χ1) is 15.8. The summed E-state index contributed by atoms with van der Waals surface area (Å²) in [6, 6.07) is 7.40. The minimum absolute atomic E-state index is 0.0108. The van der Waals surface area contributed by atoms with Crippen LogP contribution in [0, 0.1) is 0 Å². The molecule has 1 fully saturated rings. The van der Waals surface area contributed by atoms with E-state index < -0.39 is 29.2 Å². The van der Waals surface area contributed by atoms with Crippen LogP contribution < -0.4 is 10.1 Å². The van der Waals surface area contributed by atoms with Gasteiger partial charge < -0.3 is 24.3 Å². The van der Waals surface area contributed by atoms with Crippen LogP contribution in [0.3, 0.4) is 0 Å². The van der Waals surface area contributed by atoms with Gasteiger partial charge in [-0.25, -0.2) is 4.79 Å². The summed E-state index contributed by atoms with van der Waals surface area (Å²) in [7, 11) is 1.46. The monoisotopic (exact) mass is 556 g/mol. The topological polar surface area (TPSA) is 118 Å². The fourth-order valence-electron chi connectivity index (χ4n) is 3.50. The molecular weight excluding hydrogens is 540 g/mol. The number of aliphatic carboxylic acids is 1. The largest absolute Gasteiger partial charge is 0.484 e. The van der Waals surface area contributed by atoms with Crippen molar-refractivity contribution in [2.24, 2.45) is 0 Å². The van der Waals surface area contributed by atoms with Gasteiger partial charge in [0.05, 0.1) is 11.6 Å². The zero-order chi connectivity index (χ0) is 23.7. The number of carboxylic acid groups (broad SMARTS) is 1. The van der Waals surface area contributed by atoms with Crippen LogP contribution in [0.15, 0.2) is 50.5 Å². The number of furan rings is 1. The van der Waals surface area contributed by atoms with Crippen molar-refractivity contribution in [3.8, 4) is 5.75 Å². The van der Waals surface area contributed by atoms with Gasteiger partial charge in [-0.1, -0.05) is 27.5 Å². The highest BCUT2D eigenvalue weighted by atomic mass is 79.9. The Morgan fingerprint density at radius 3 is 2.82 bits per heavy atom. The summed E-state index contributed by atoms with van der Waals surface area (Å²) in [6.45, 7) is 0.170. The van der Waals surface area contributed by atoms with E-state index in [9.17, 15) is 19.5 Å². The highest BCUT2D eigenvalue weighted by molar-refractivity contribution is 9.10. The zero-order valence-electron chi connectivity index (χ0n) is 17.2. The van der Waals surface area contributed by atoms with E-state index in [0.29, 0.717) is 27.9 Å². The molecule has 1 saturated heterocycles. The molecule has 33 heavy (non-hydrogen) atoms. The Bertz CT molecular complexity index is 1150. The maximum Gasteiger partial charge on any atom is 0.352 e. The van der Waals surface area contributed by atoms with Gasteiger partial charge in [-0.15, -0.1) is 11.8 Å². The van der Waals surface area contributed by atoms with Crippen LogP contribution >= 0.6 is 39.3 Å². The molecule has 0 unspecified atom stereocenters. The molecule has 4 rings (SSSR count). The molecule has 2 amide bonds. The first-order valence-corrected chi connectivity index (χ1v) is 11.9. The van der Waals surface area contributed by atoms with Gasteiger partial charge in [0.2, 0.25) is 0 Å². The molecule has 1 aromatic carbocycles. The molecule has 174 valence electrons. The van der Waals surface area contributed by atoms with E-state index in [1.54, 1.807) is 24.3 Å². The van der Waals surface area contributed by atoms with Crippen molar-refractivity contribution in [1.29, 1.82) is 0 Å². The second-order valence-corrected chi connectivity index (χ2v) is 9.61. The summed E-state index contributed by atoms with van der Waals surface area (Å²) in [6.07, 6.45) is 0. The normalized spacial score (nSPS) is 19.7. The van der Waals surface area contributed by atoms with Crippen molar-refractivity contribution in [2.75, 3.05) is 19.5 Å². The van der Waals surface area contributed by atoms with E-state index in [2.05, 4.69) is 21.2 Å². The van der Waals surface area contributed by atoms with Crippen LogP contribution in [0.1, 0.15) is 16.3 Å². The van der Waals surface area contributed by atoms with Gasteiger partial charge in [-0.2, -0.15) is 0 Å². The van der Waals surface area contributed by atoms with Crippen LogP contribution in [0.5, 0.6) is 5.75 Å². The molecule has 0 saturated carbocycles. The molecule has 2 aliphatic rings. The molecule has 0 bridgehead atoms. The molecule has 0 spiro atoms. The first-order valence-electron chi connectivity index (χ1n) is 9.66. The molecule has 2 aromatic rings. The smallest absolute Gasteiger partial charge is 0.352 e. The lowest BCUT2D eigenvalue weighted by Gasteiger charge is -2.49. The number of hydrogen-bond acceptors (Lipinski definition) is 7. The number of benzene rings is 1. The van der Waals surface area contributed by atoms with Gasteiger partial charge in [0.1, 0.15) is 35.2 Å². The highest BCUT2D eigenvalue weighted by Crippen LogP contribution is 2.40. The number of nitrogens with zero attached hydrogens (tertiary/aromatic N) is 1. The molecule has 2 atom stereocenters. The maximum atomic E-state index is 12.6. The number of ether oxygens (including phenoxy) is 2. The molecule has 2 N–H and O–H groups in total. The lowest BCUT2D eigenvalue weighted by Crippen LogP contribution is -2.70. The number of rotatable bonds is 8. The van der Waals surface area contributed by atoms with Gasteiger partial charge in [-0.3, -0.25) is 14.5 Å². The van der Waals surface area contributed by atoms with Crippen molar-refractivity contribution >= 4 is 57.1 Å². The number of β-lactam (4-membered cyclic amide) rings is 1. The third kappa shape index (κ3) is 4.77. The average molecular weight is 558 g/mol. The molecule has 12 heteroatoms. The number of amides is 2. The van der Waals surface area contributed by atoms with Gasteiger partial charge in [0.15, 0.2) is 5.76 Å². The highest BCUT2D eigenvalue weighted by Gasteiger charge is 2.54. The van der Waals surface area contributed by atoms with Crippen molar-refractivity contribution in [2.45, 2.75) is 18.0 Å². The van der Waals surface area contributed by atoms with E-state index >= 15 is 0 Å². The van der Waals surface area contributed by atoms with E-state index in [0.717, 1.165) is 4.47 Å². The summed E-state index contributed by atoms with van der Waals surface area (Å²) < 4.78 is 17.0. The Labute approximate surface area is 206 Å². The number of carbonyl (C=O) groups excluding carboxylic acids is 2. The van der Waals surface area contributed by atoms with E-state index in [-0.39, 0.29) is 24.7 Å². The molecule has 3 heterocycles. The lowest BCUT2D eigenvalue weighted by atomic mass is 10.0. The quantitative estimate of drug-likeness (QED) is 0.475. The number of hydrogen-bond donors (Lipinski definition) is 2. The third-order valence-electron chi connectivity index (χ3n) is 5.00. The standard InChI is InChI=1S/C21H18BrClN2O7S/c1-30-7-10-9-33-20-16(19(27)25(20)17(10)21(28)29)24-18(26)15-5-3-12(32-15)8-31-14-4-2-11(22)6-13(14)23/h2-6,16,20H,7-9H2,1H3,(H,24,26)(H,28,29)/t16-,20-/m1/s1. The SMILES string of the molecule is COCC1=C(C(=O)O)N2C(=O)[C@@H](NC(=O)c3ccc(COc4ccc(Br)cc4Cl)o3)[C@H]2SC1. The molecule has 2 aliphatic heterocycles. The lowest BCUT2D eigenvalue weighted by molar-refractivity contribution is -0.148. The van der Waals surface area contributed by atoms with E-state index in [1.807, 2.05) is 0 Å². The molecule has 9 nitrogen and oxygen atoms in total. The van der Waals surface area contributed by atoms with Crippen LogP contribution in [-0.2, 0) is 20.9 Å². The number of fused-ring (bicyclic) bond motifs is 1. The fraction of sp³-hybridized carbons (Fsp3) is 0.286. The molecule has 1 aromatic heterocycles. The van der Waals surface area contributed by atoms with Crippen molar-refractivity contribution < 1.29 is 33.4 Å². The summed E-state index contributed by atoms with van der Waals surface area (Å²) in [5.74, 6) is -1.02. The molecule has 0 aliphatic carbocycles. The minimum Gasteiger partial charge on any atom is -0.484 e. The summed E-state index contributed by atoms with van der Waals surface area (Å²) in [5.41, 5.74) is 0.436. The first kappa shape index (κ1) is 23.7. The van der Waals surface area contributed by atoms with Crippen LogP contribution in [-0.4, -0.2) is 58.7 Å². The zero-order valence-corrected chi connectivity index (χ0v) is 20.3. The summed E-state index contributed by atoms with van der Waals surface area (Å²) >= 11 is 10.8. The minimum atomic E-state index is -1.20. The van der Waals surface area contributed by atoms with E-state index in [1.165, 1.54) is 29.8 Å². The second kappa shape index (κ2) is 9.80. The Hall–Kier alpha value is -2.47. The average Bonchev–Trinajstić information content (AvgIpc) is 3.25. The van der Waals surface area contributed by atoms with Gasteiger partial charge in [0, 0.05) is 17.3 Å².